The lowest BCUT2D eigenvalue weighted by molar-refractivity contribution is 1.09. The summed E-state index contributed by atoms with van der Waals surface area (Å²) >= 11 is 0. The molecule has 0 spiro atoms. The van der Waals surface area contributed by atoms with Crippen LogP contribution in [0, 0.1) is 25.2 Å². The molecule has 0 unspecified atom stereocenters. The highest BCUT2D eigenvalue weighted by molar-refractivity contribution is 5.86. The summed E-state index contributed by atoms with van der Waals surface area (Å²) in [5, 5.41) is 9.16. The van der Waals surface area contributed by atoms with Crippen molar-refractivity contribution in [2.45, 2.75) is 13.8 Å². The van der Waals surface area contributed by atoms with Crippen LogP contribution in [-0.4, -0.2) is 9.55 Å². The predicted molar refractivity (Wildman–Crippen MR) is 79.7 cm³/mol. The molecule has 1 heterocycles. The van der Waals surface area contributed by atoms with Gasteiger partial charge in [0.25, 0.3) is 0 Å². The lowest BCUT2D eigenvalue weighted by Crippen LogP contribution is -2.02. The molecule has 98 valence electrons. The summed E-state index contributed by atoms with van der Waals surface area (Å²) in [5.74, 6) is 0.398. The Kier molecular flexibility index (Phi) is 2.69. The standard InChI is InChI=1S/C16H14N4/c1-10-6-7-13(11(2)8-10)20-14-5-3-4-12(9-17)15(14)19-16(20)18/h3-8H,1-2H3,(H2,18,19). The smallest absolute Gasteiger partial charge is 0.205 e. The van der Waals surface area contributed by atoms with Gasteiger partial charge in [0.15, 0.2) is 0 Å². The fourth-order valence-corrected chi connectivity index (χ4v) is 2.52. The van der Waals surface area contributed by atoms with Gasteiger partial charge in [0.1, 0.15) is 11.6 Å². The first-order chi connectivity index (χ1) is 9.61. The Labute approximate surface area is 117 Å². The first kappa shape index (κ1) is 12.2. The molecule has 0 aliphatic carbocycles. The van der Waals surface area contributed by atoms with Crippen molar-refractivity contribution in [3.8, 4) is 11.8 Å². The van der Waals surface area contributed by atoms with E-state index in [1.54, 1.807) is 6.07 Å². The highest BCUT2D eigenvalue weighted by atomic mass is 15.2. The summed E-state index contributed by atoms with van der Waals surface area (Å²) in [6, 6.07) is 13.9. The molecule has 3 aromatic rings. The molecule has 0 amide bonds. The molecule has 4 heteroatoms. The van der Waals surface area contributed by atoms with Crippen molar-refractivity contribution in [3.05, 3.63) is 53.1 Å². The Morgan fingerprint density at radius 1 is 1.20 bits per heavy atom. The van der Waals surface area contributed by atoms with Crippen LogP contribution in [0.4, 0.5) is 5.95 Å². The number of fused-ring (bicyclic) bond motifs is 1. The number of benzene rings is 2. The number of hydrogen-bond acceptors (Lipinski definition) is 3. The third-order valence-electron chi connectivity index (χ3n) is 3.42. The number of nitrogens with zero attached hydrogens (tertiary/aromatic N) is 3. The van der Waals surface area contributed by atoms with Crippen molar-refractivity contribution < 1.29 is 0 Å². The van der Waals surface area contributed by atoms with Gasteiger partial charge in [0, 0.05) is 0 Å². The van der Waals surface area contributed by atoms with Crippen molar-refractivity contribution in [2.24, 2.45) is 0 Å². The first-order valence-electron chi connectivity index (χ1n) is 6.36. The van der Waals surface area contributed by atoms with Gasteiger partial charge in [-0.05, 0) is 37.6 Å². The van der Waals surface area contributed by atoms with Crippen molar-refractivity contribution >= 4 is 17.0 Å². The zero-order chi connectivity index (χ0) is 14.3. The molecule has 0 atom stereocenters. The molecule has 2 N–H and O–H groups in total. The molecule has 4 nitrogen and oxygen atoms in total. The molecule has 2 aromatic carbocycles. The van der Waals surface area contributed by atoms with Crippen molar-refractivity contribution in [3.63, 3.8) is 0 Å². The van der Waals surface area contributed by atoms with Gasteiger partial charge in [-0.1, -0.05) is 23.8 Å². The Balaban J connectivity index is 2.37. The van der Waals surface area contributed by atoms with Gasteiger partial charge in [0.05, 0.1) is 16.8 Å². The van der Waals surface area contributed by atoms with Crippen molar-refractivity contribution in [1.29, 1.82) is 5.26 Å². The van der Waals surface area contributed by atoms with Gasteiger partial charge in [-0.25, -0.2) is 4.98 Å². The van der Waals surface area contributed by atoms with E-state index >= 15 is 0 Å². The largest absolute Gasteiger partial charge is 0.369 e. The number of aryl methyl sites for hydroxylation is 2. The molecular formula is C16H14N4. The number of nitrogen functional groups attached to an aromatic ring is 1. The molecule has 0 radical (unpaired) electrons. The molecule has 0 saturated heterocycles. The summed E-state index contributed by atoms with van der Waals surface area (Å²) in [5.41, 5.74) is 11.4. The zero-order valence-corrected chi connectivity index (χ0v) is 11.4. The Morgan fingerprint density at radius 3 is 2.70 bits per heavy atom. The number of nitriles is 1. The fourth-order valence-electron chi connectivity index (χ4n) is 2.52. The van der Waals surface area contributed by atoms with Gasteiger partial charge in [-0.15, -0.1) is 0 Å². The van der Waals surface area contributed by atoms with E-state index in [0.29, 0.717) is 17.0 Å². The van der Waals surface area contributed by atoms with Gasteiger partial charge in [-0.2, -0.15) is 5.26 Å². The molecule has 0 saturated carbocycles. The Hall–Kier alpha value is -2.80. The number of imidazole rings is 1. The molecular weight excluding hydrogens is 248 g/mol. The number of anilines is 1. The van der Waals surface area contributed by atoms with E-state index in [1.807, 2.05) is 35.8 Å². The number of para-hydroxylation sites is 1. The molecule has 3 rings (SSSR count). The summed E-state index contributed by atoms with van der Waals surface area (Å²) in [6.45, 7) is 4.10. The maximum absolute atomic E-state index is 9.16. The maximum Gasteiger partial charge on any atom is 0.205 e. The monoisotopic (exact) mass is 262 g/mol. The Bertz CT molecular complexity index is 853. The topological polar surface area (TPSA) is 67.6 Å². The summed E-state index contributed by atoms with van der Waals surface area (Å²) < 4.78 is 1.89. The van der Waals surface area contributed by atoms with Crippen LogP contribution in [-0.2, 0) is 0 Å². The third kappa shape index (κ3) is 1.72. The van der Waals surface area contributed by atoms with Gasteiger partial charge in [0.2, 0.25) is 5.95 Å². The van der Waals surface area contributed by atoms with E-state index in [9.17, 15) is 0 Å². The second kappa shape index (κ2) is 4.39. The highest BCUT2D eigenvalue weighted by Crippen LogP contribution is 2.27. The average Bonchev–Trinajstić information content (AvgIpc) is 2.75. The lowest BCUT2D eigenvalue weighted by Gasteiger charge is -2.10. The average molecular weight is 262 g/mol. The normalized spacial score (nSPS) is 10.7. The molecule has 1 aromatic heterocycles. The third-order valence-corrected chi connectivity index (χ3v) is 3.42. The van der Waals surface area contributed by atoms with E-state index in [2.05, 4.69) is 24.0 Å². The maximum atomic E-state index is 9.16. The van der Waals surface area contributed by atoms with Crippen molar-refractivity contribution in [2.75, 3.05) is 5.73 Å². The molecule has 0 aliphatic rings. The van der Waals surface area contributed by atoms with E-state index in [1.165, 1.54) is 5.56 Å². The van der Waals surface area contributed by atoms with E-state index < -0.39 is 0 Å². The van der Waals surface area contributed by atoms with Crippen LogP contribution in [0.5, 0.6) is 0 Å². The van der Waals surface area contributed by atoms with Crippen LogP contribution in [0.3, 0.4) is 0 Å². The van der Waals surface area contributed by atoms with Crippen LogP contribution in [0.1, 0.15) is 16.7 Å². The van der Waals surface area contributed by atoms with Crippen LogP contribution >= 0.6 is 0 Å². The second-order valence-electron chi connectivity index (χ2n) is 4.88. The van der Waals surface area contributed by atoms with Crippen LogP contribution in [0.25, 0.3) is 16.7 Å². The number of aromatic nitrogens is 2. The second-order valence-corrected chi connectivity index (χ2v) is 4.88. The molecule has 0 aliphatic heterocycles. The zero-order valence-electron chi connectivity index (χ0n) is 11.4. The van der Waals surface area contributed by atoms with Crippen LogP contribution in [0.2, 0.25) is 0 Å². The summed E-state index contributed by atoms with van der Waals surface area (Å²) in [7, 11) is 0. The lowest BCUT2D eigenvalue weighted by atomic mass is 10.1. The summed E-state index contributed by atoms with van der Waals surface area (Å²) in [6.07, 6.45) is 0. The van der Waals surface area contributed by atoms with E-state index in [-0.39, 0.29) is 0 Å². The number of hydrogen-bond donors (Lipinski definition) is 1. The minimum Gasteiger partial charge on any atom is -0.369 e. The first-order valence-corrected chi connectivity index (χ1v) is 6.36. The minimum atomic E-state index is 0.398. The number of nitrogens with two attached hydrogens (primary N) is 1. The quantitative estimate of drug-likeness (QED) is 0.732. The molecule has 0 bridgehead atoms. The van der Waals surface area contributed by atoms with E-state index in [4.69, 9.17) is 11.0 Å². The van der Waals surface area contributed by atoms with Gasteiger partial charge < -0.3 is 5.73 Å². The minimum absolute atomic E-state index is 0.398. The highest BCUT2D eigenvalue weighted by Gasteiger charge is 2.14. The SMILES string of the molecule is Cc1ccc(-n2c(N)nc3c(C#N)cccc32)c(C)c1. The molecule has 0 fully saturated rings. The number of rotatable bonds is 1. The van der Waals surface area contributed by atoms with Crippen molar-refractivity contribution in [1.82, 2.24) is 9.55 Å². The van der Waals surface area contributed by atoms with Crippen LogP contribution in [0.15, 0.2) is 36.4 Å². The van der Waals surface area contributed by atoms with Crippen LogP contribution < -0.4 is 5.73 Å². The Morgan fingerprint density at radius 2 is 2.00 bits per heavy atom. The molecule has 20 heavy (non-hydrogen) atoms. The van der Waals surface area contributed by atoms with E-state index in [0.717, 1.165) is 16.8 Å². The fraction of sp³-hybridized carbons (Fsp3) is 0.125. The van der Waals surface area contributed by atoms with Gasteiger partial charge in [-0.3, -0.25) is 4.57 Å². The summed E-state index contributed by atoms with van der Waals surface area (Å²) in [4.78, 5) is 4.34. The van der Waals surface area contributed by atoms with Gasteiger partial charge >= 0.3 is 0 Å². The predicted octanol–water partition coefficient (Wildman–Crippen LogP) is 3.10.